The predicted octanol–water partition coefficient (Wildman–Crippen LogP) is 4.03. The van der Waals surface area contributed by atoms with Gasteiger partial charge in [0, 0.05) is 31.2 Å². The van der Waals surface area contributed by atoms with Crippen molar-refractivity contribution >= 4 is 22.5 Å². The summed E-state index contributed by atoms with van der Waals surface area (Å²) in [6.45, 7) is 7.23. The first-order valence-corrected chi connectivity index (χ1v) is 11.1. The highest BCUT2D eigenvalue weighted by Gasteiger charge is 2.23. The molecule has 1 saturated heterocycles. The number of amides is 1. The molecule has 2 aromatic carbocycles. The first kappa shape index (κ1) is 21.8. The highest BCUT2D eigenvalue weighted by Crippen LogP contribution is 2.29. The van der Waals surface area contributed by atoms with Crippen LogP contribution in [0.2, 0.25) is 0 Å². The number of carbonyl (C=O) groups is 1. The van der Waals surface area contributed by atoms with E-state index in [1.165, 1.54) is 5.56 Å². The molecule has 1 atom stereocenters. The Morgan fingerprint density at radius 2 is 2.09 bits per heavy atom. The summed E-state index contributed by atoms with van der Waals surface area (Å²) < 4.78 is 0. The maximum atomic E-state index is 11.6. The summed E-state index contributed by atoms with van der Waals surface area (Å²) in [5.74, 6) is -0.249. The van der Waals surface area contributed by atoms with Gasteiger partial charge in [0.15, 0.2) is 0 Å². The zero-order valence-corrected chi connectivity index (χ0v) is 18.7. The van der Waals surface area contributed by atoms with Gasteiger partial charge in [0.25, 0.3) is 0 Å². The van der Waals surface area contributed by atoms with E-state index in [1.54, 1.807) is 6.20 Å². The van der Waals surface area contributed by atoms with Crippen molar-refractivity contribution in [3.63, 3.8) is 0 Å². The van der Waals surface area contributed by atoms with Crippen LogP contribution in [0.4, 0.5) is 5.69 Å². The fraction of sp³-hybridized carbons (Fsp3) is 0.346. The van der Waals surface area contributed by atoms with E-state index in [4.69, 9.17) is 5.73 Å². The van der Waals surface area contributed by atoms with Crippen molar-refractivity contribution in [3.05, 3.63) is 70.4 Å². The van der Waals surface area contributed by atoms with E-state index in [0.29, 0.717) is 12.1 Å². The van der Waals surface area contributed by atoms with Gasteiger partial charge < -0.3 is 11.1 Å². The van der Waals surface area contributed by atoms with Crippen molar-refractivity contribution < 1.29 is 4.79 Å². The molecular formula is C26H29N5O. The van der Waals surface area contributed by atoms with Gasteiger partial charge in [-0.3, -0.25) is 14.7 Å². The van der Waals surface area contributed by atoms with Gasteiger partial charge in [-0.1, -0.05) is 35.9 Å². The summed E-state index contributed by atoms with van der Waals surface area (Å²) >= 11 is 0. The SMILES string of the molecule is Cc1cc(C)c2ncc(C#N)c(NCc3cccc(CN4CCCC(C(N)=O)C4)c3)c2c1. The third-order valence-corrected chi connectivity index (χ3v) is 6.20. The minimum absolute atomic E-state index is 0.0510. The number of piperidine rings is 1. The topological polar surface area (TPSA) is 95.0 Å². The van der Waals surface area contributed by atoms with E-state index in [2.05, 4.69) is 64.6 Å². The van der Waals surface area contributed by atoms with Crippen molar-refractivity contribution in [3.8, 4) is 6.07 Å². The average molecular weight is 428 g/mol. The molecule has 6 heteroatoms. The van der Waals surface area contributed by atoms with E-state index in [-0.39, 0.29) is 11.8 Å². The van der Waals surface area contributed by atoms with Crippen molar-refractivity contribution in [2.24, 2.45) is 11.7 Å². The fourth-order valence-electron chi connectivity index (χ4n) is 4.65. The molecule has 0 radical (unpaired) electrons. The maximum Gasteiger partial charge on any atom is 0.221 e. The van der Waals surface area contributed by atoms with Crippen molar-refractivity contribution in [1.29, 1.82) is 5.26 Å². The molecule has 32 heavy (non-hydrogen) atoms. The number of fused-ring (bicyclic) bond motifs is 1. The van der Waals surface area contributed by atoms with Crippen LogP contribution in [0.1, 0.15) is 40.7 Å². The Kier molecular flexibility index (Phi) is 6.38. The minimum Gasteiger partial charge on any atom is -0.379 e. The maximum absolute atomic E-state index is 11.6. The van der Waals surface area contributed by atoms with Gasteiger partial charge in [0.2, 0.25) is 5.91 Å². The number of nitriles is 1. The highest BCUT2D eigenvalue weighted by molar-refractivity contribution is 5.96. The number of nitrogens with zero attached hydrogens (tertiary/aromatic N) is 3. The smallest absolute Gasteiger partial charge is 0.221 e. The molecule has 1 aliphatic rings. The van der Waals surface area contributed by atoms with Gasteiger partial charge >= 0.3 is 0 Å². The van der Waals surface area contributed by atoms with Crippen LogP contribution in [0.5, 0.6) is 0 Å². The lowest BCUT2D eigenvalue weighted by Gasteiger charge is -2.31. The number of nitrogens with two attached hydrogens (primary N) is 1. The number of carbonyl (C=O) groups excluding carboxylic acids is 1. The lowest BCUT2D eigenvalue weighted by Crippen LogP contribution is -2.40. The van der Waals surface area contributed by atoms with Gasteiger partial charge in [-0.05, 0) is 56.0 Å². The minimum atomic E-state index is -0.198. The summed E-state index contributed by atoms with van der Waals surface area (Å²) in [5, 5.41) is 14.1. The summed E-state index contributed by atoms with van der Waals surface area (Å²) in [7, 11) is 0. The van der Waals surface area contributed by atoms with E-state index >= 15 is 0 Å². The second kappa shape index (κ2) is 9.37. The van der Waals surface area contributed by atoms with Crippen LogP contribution in [0.15, 0.2) is 42.6 Å². The van der Waals surface area contributed by atoms with Gasteiger partial charge in [-0.25, -0.2) is 0 Å². The molecule has 0 spiro atoms. The van der Waals surface area contributed by atoms with Crippen LogP contribution in [0, 0.1) is 31.1 Å². The number of aryl methyl sites for hydroxylation is 2. The number of primary amides is 1. The molecule has 1 fully saturated rings. The van der Waals surface area contributed by atoms with E-state index < -0.39 is 0 Å². The third kappa shape index (κ3) is 4.74. The van der Waals surface area contributed by atoms with Gasteiger partial charge in [0.05, 0.1) is 22.7 Å². The molecule has 6 nitrogen and oxygen atoms in total. The summed E-state index contributed by atoms with van der Waals surface area (Å²) in [6.07, 6.45) is 3.53. The standard InChI is InChI=1S/C26H29N5O/c1-17-9-18(2)24-23(10-17)25(22(12-27)14-30-24)29-13-19-5-3-6-20(11-19)15-31-8-4-7-21(16-31)26(28)32/h3,5-6,9-11,14,21H,4,7-8,13,15-16H2,1-2H3,(H2,28,32)(H,29,30). The lowest BCUT2D eigenvalue weighted by atomic mass is 9.97. The number of hydrogen-bond donors (Lipinski definition) is 2. The third-order valence-electron chi connectivity index (χ3n) is 6.20. The number of benzene rings is 2. The summed E-state index contributed by atoms with van der Waals surface area (Å²) in [6, 6.07) is 14.9. The molecule has 1 aliphatic heterocycles. The van der Waals surface area contributed by atoms with Crippen molar-refractivity contribution in [1.82, 2.24) is 9.88 Å². The molecule has 4 rings (SSSR count). The molecule has 0 saturated carbocycles. The average Bonchev–Trinajstić information content (AvgIpc) is 2.77. The Morgan fingerprint density at radius 3 is 2.88 bits per heavy atom. The molecule has 1 amide bonds. The normalized spacial score (nSPS) is 16.6. The zero-order chi connectivity index (χ0) is 22.7. The van der Waals surface area contributed by atoms with Crippen LogP contribution in [-0.2, 0) is 17.9 Å². The largest absolute Gasteiger partial charge is 0.379 e. The number of hydrogen-bond acceptors (Lipinski definition) is 5. The molecule has 0 aliphatic carbocycles. The molecule has 1 unspecified atom stereocenters. The van der Waals surface area contributed by atoms with Crippen molar-refractivity contribution in [2.45, 2.75) is 39.8 Å². The molecule has 0 bridgehead atoms. The number of rotatable bonds is 6. The number of pyridine rings is 1. The van der Waals surface area contributed by atoms with Crippen LogP contribution in [0.3, 0.4) is 0 Å². The molecule has 2 heterocycles. The second-order valence-electron chi connectivity index (χ2n) is 8.79. The van der Waals surface area contributed by atoms with Crippen LogP contribution in [-0.4, -0.2) is 28.9 Å². The Labute approximate surface area is 189 Å². The highest BCUT2D eigenvalue weighted by atomic mass is 16.1. The Hall–Kier alpha value is -3.43. The first-order chi connectivity index (χ1) is 15.4. The Bertz CT molecular complexity index is 1200. The molecule has 164 valence electrons. The van der Waals surface area contributed by atoms with E-state index in [1.807, 2.05) is 6.92 Å². The second-order valence-corrected chi connectivity index (χ2v) is 8.79. The van der Waals surface area contributed by atoms with Crippen LogP contribution >= 0.6 is 0 Å². The molecule has 1 aromatic heterocycles. The molecular weight excluding hydrogens is 398 g/mol. The van der Waals surface area contributed by atoms with Gasteiger partial charge in [-0.15, -0.1) is 0 Å². The monoisotopic (exact) mass is 427 g/mol. The Morgan fingerprint density at radius 1 is 1.28 bits per heavy atom. The molecule has 3 N–H and O–H groups in total. The number of anilines is 1. The number of likely N-dealkylation sites (tertiary alicyclic amines) is 1. The lowest BCUT2D eigenvalue weighted by molar-refractivity contribution is -0.123. The quantitative estimate of drug-likeness (QED) is 0.619. The number of nitrogens with one attached hydrogen (secondary N) is 1. The molecule has 3 aromatic rings. The number of aromatic nitrogens is 1. The zero-order valence-electron chi connectivity index (χ0n) is 18.7. The van der Waals surface area contributed by atoms with E-state index in [9.17, 15) is 10.1 Å². The van der Waals surface area contributed by atoms with Crippen LogP contribution in [0.25, 0.3) is 10.9 Å². The first-order valence-electron chi connectivity index (χ1n) is 11.1. The summed E-state index contributed by atoms with van der Waals surface area (Å²) in [4.78, 5) is 18.4. The predicted molar refractivity (Wildman–Crippen MR) is 127 cm³/mol. The van der Waals surface area contributed by atoms with Crippen LogP contribution < -0.4 is 11.1 Å². The van der Waals surface area contributed by atoms with Gasteiger partial charge in [-0.2, -0.15) is 5.26 Å². The van der Waals surface area contributed by atoms with Gasteiger partial charge in [0.1, 0.15) is 6.07 Å². The fourth-order valence-corrected chi connectivity index (χ4v) is 4.65. The van der Waals surface area contributed by atoms with Crippen molar-refractivity contribution in [2.75, 3.05) is 18.4 Å². The van der Waals surface area contributed by atoms with E-state index in [0.717, 1.165) is 65.8 Å². The summed E-state index contributed by atoms with van der Waals surface area (Å²) in [5.41, 5.74) is 12.4. The Balaban J connectivity index is 1.52.